The molecule has 124 valence electrons. The van der Waals surface area contributed by atoms with Gasteiger partial charge in [-0.3, -0.25) is 5.32 Å². The van der Waals surface area contributed by atoms with Crippen LogP contribution in [0, 0.1) is 0 Å². The van der Waals surface area contributed by atoms with Crippen LogP contribution in [0.4, 0.5) is 23.7 Å². The predicted molar refractivity (Wildman–Crippen MR) is 76.5 cm³/mol. The summed E-state index contributed by atoms with van der Waals surface area (Å²) in [5.74, 6) is 0. The molecular formula is C15H20F3NO3. The third-order valence-corrected chi connectivity index (χ3v) is 2.64. The standard InChI is InChI=1S/C15H20F3NO3/c1-13(2,3)22-12(20)19-11-7-6-9(15(16,17)18)8-10(11)14(4,5)21/h6-8,21H,1-5H3,(H,19,20). The van der Waals surface area contributed by atoms with Gasteiger partial charge in [0.25, 0.3) is 0 Å². The van der Waals surface area contributed by atoms with Crippen molar-refractivity contribution in [2.45, 2.75) is 52.0 Å². The largest absolute Gasteiger partial charge is 0.444 e. The molecule has 0 bridgehead atoms. The number of halogens is 3. The topological polar surface area (TPSA) is 58.6 Å². The summed E-state index contributed by atoms with van der Waals surface area (Å²) in [6.45, 7) is 7.66. The van der Waals surface area contributed by atoms with Gasteiger partial charge in [-0.05, 0) is 52.8 Å². The van der Waals surface area contributed by atoms with Crippen LogP contribution in [-0.2, 0) is 16.5 Å². The minimum atomic E-state index is -4.54. The van der Waals surface area contributed by atoms with E-state index in [9.17, 15) is 23.1 Å². The van der Waals surface area contributed by atoms with Crippen molar-refractivity contribution < 1.29 is 27.8 Å². The van der Waals surface area contributed by atoms with Crippen LogP contribution < -0.4 is 5.32 Å². The van der Waals surface area contributed by atoms with Gasteiger partial charge >= 0.3 is 12.3 Å². The van der Waals surface area contributed by atoms with E-state index in [1.807, 2.05) is 0 Å². The van der Waals surface area contributed by atoms with Crippen molar-refractivity contribution in [1.82, 2.24) is 0 Å². The van der Waals surface area contributed by atoms with Crippen molar-refractivity contribution in [3.8, 4) is 0 Å². The zero-order valence-electron chi connectivity index (χ0n) is 13.1. The van der Waals surface area contributed by atoms with Crippen LogP contribution in [0.2, 0.25) is 0 Å². The number of hydrogen-bond donors (Lipinski definition) is 2. The first kappa shape index (κ1) is 18.3. The molecule has 1 aromatic carbocycles. The summed E-state index contributed by atoms with van der Waals surface area (Å²) < 4.78 is 43.4. The molecule has 0 spiro atoms. The van der Waals surface area contributed by atoms with Gasteiger partial charge in [0.05, 0.1) is 16.9 Å². The fraction of sp³-hybridized carbons (Fsp3) is 0.533. The number of carbonyl (C=O) groups excluding carboxylic acids is 1. The molecule has 0 aliphatic heterocycles. The molecule has 0 aliphatic carbocycles. The van der Waals surface area contributed by atoms with Crippen molar-refractivity contribution in [3.05, 3.63) is 29.3 Å². The van der Waals surface area contributed by atoms with Gasteiger partial charge in [-0.2, -0.15) is 13.2 Å². The van der Waals surface area contributed by atoms with Crippen LogP contribution in [0.3, 0.4) is 0 Å². The summed E-state index contributed by atoms with van der Waals surface area (Å²) in [6.07, 6.45) is -5.34. The third-order valence-electron chi connectivity index (χ3n) is 2.64. The molecular weight excluding hydrogens is 299 g/mol. The number of alkyl halides is 3. The Bertz CT molecular complexity index is 555. The van der Waals surface area contributed by atoms with Gasteiger partial charge in [0.1, 0.15) is 5.60 Å². The number of ether oxygens (including phenoxy) is 1. The number of hydrogen-bond acceptors (Lipinski definition) is 3. The van der Waals surface area contributed by atoms with Gasteiger partial charge in [0.15, 0.2) is 0 Å². The van der Waals surface area contributed by atoms with E-state index in [4.69, 9.17) is 4.74 Å². The smallest absolute Gasteiger partial charge is 0.416 e. The molecule has 0 heterocycles. The van der Waals surface area contributed by atoms with E-state index in [1.165, 1.54) is 13.8 Å². The lowest BCUT2D eigenvalue weighted by molar-refractivity contribution is -0.137. The normalized spacial score (nSPS) is 13.0. The van der Waals surface area contributed by atoms with Gasteiger partial charge in [-0.15, -0.1) is 0 Å². The molecule has 1 aromatic rings. The van der Waals surface area contributed by atoms with Crippen molar-refractivity contribution in [2.24, 2.45) is 0 Å². The number of aliphatic hydroxyl groups is 1. The first-order valence-corrected chi connectivity index (χ1v) is 6.64. The minimum Gasteiger partial charge on any atom is -0.444 e. The third kappa shape index (κ3) is 5.22. The summed E-state index contributed by atoms with van der Waals surface area (Å²) in [5, 5.41) is 12.4. The van der Waals surface area contributed by atoms with Crippen molar-refractivity contribution >= 4 is 11.8 Å². The van der Waals surface area contributed by atoms with Crippen molar-refractivity contribution in [1.29, 1.82) is 0 Å². The first-order chi connectivity index (χ1) is 9.70. The van der Waals surface area contributed by atoms with Gasteiger partial charge < -0.3 is 9.84 Å². The van der Waals surface area contributed by atoms with E-state index >= 15 is 0 Å². The Balaban J connectivity index is 3.17. The molecule has 1 amide bonds. The van der Waals surface area contributed by atoms with E-state index < -0.39 is 29.0 Å². The van der Waals surface area contributed by atoms with E-state index in [0.29, 0.717) is 0 Å². The molecule has 4 nitrogen and oxygen atoms in total. The fourth-order valence-electron chi connectivity index (χ4n) is 1.75. The number of amides is 1. The molecule has 0 unspecified atom stereocenters. The fourth-order valence-corrected chi connectivity index (χ4v) is 1.75. The second-order valence-electron chi connectivity index (χ2n) is 6.44. The first-order valence-electron chi connectivity index (χ1n) is 6.64. The molecule has 0 aromatic heterocycles. The summed E-state index contributed by atoms with van der Waals surface area (Å²) >= 11 is 0. The Kier molecular flexibility index (Phi) is 4.82. The second-order valence-corrected chi connectivity index (χ2v) is 6.44. The number of rotatable bonds is 2. The average Bonchev–Trinajstić information content (AvgIpc) is 2.23. The Morgan fingerprint density at radius 1 is 1.14 bits per heavy atom. The monoisotopic (exact) mass is 319 g/mol. The van der Waals surface area contributed by atoms with Crippen molar-refractivity contribution in [2.75, 3.05) is 5.32 Å². The van der Waals surface area contributed by atoms with Crippen LogP contribution in [0.1, 0.15) is 45.7 Å². The molecule has 2 N–H and O–H groups in total. The molecule has 0 fully saturated rings. The lowest BCUT2D eigenvalue weighted by Crippen LogP contribution is -2.28. The number of anilines is 1. The SMILES string of the molecule is CC(C)(C)OC(=O)Nc1ccc(C(F)(F)F)cc1C(C)(C)O. The molecule has 22 heavy (non-hydrogen) atoms. The maximum atomic E-state index is 12.8. The Morgan fingerprint density at radius 3 is 2.09 bits per heavy atom. The molecule has 0 saturated carbocycles. The van der Waals surface area contributed by atoms with Gasteiger partial charge in [0, 0.05) is 5.56 Å². The van der Waals surface area contributed by atoms with Crippen LogP contribution in [0.25, 0.3) is 0 Å². The summed E-state index contributed by atoms with van der Waals surface area (Å²) in [5.41, 5.74) is -3.20. The van der Waals surface area contributed by atoms with Gasteiger partial charge in [0.2, 0.25) is 0 Å². The predicted octanol–water partition coefficient (Wildman–Crippen LogP) is 4.28. The molecule has 1 rings (SSSR count). The molecule has 0 radical (unpaired) electrons. The highest BCUT2D eigenvalue weighted by Crippen LogP contribution is 2.35. The summed E-state index contributed by atoms with van der Waals surface area (Å²) in [7, 11) is 0. The van der Waals surface area contributed by atoms with E-state index in [1.54, 1.807) is 20.8 Å². The highest BCUT2D eigenvalue weighted by atomic mass is 19.4. The number of carbonyl (C=O) groups is 1. The van der Waals surface area contributed by atoms with Crippen LogP contribution in [0.5, 0.6) is 0 Å². The molecule has 7 heteroatoms. The van der Waals surface area contributed by atoms with Crippen LogP contribution >= 0.6 is 0 Å². The second kappa shape index (κ2) is 5.79. The van der Waals surface area contributed by atoms with E-state index in [-0.39, 0.29) is 11.3 Å². The van der Waals surface area contributed by atoms with Crippen LogP contribution in [0.15, 0.2) is 18.2 Å². The van der Waals surface area contributed by atoms with Crippen LogP contribution in [-0.4, -0.2) is 16.8 Å². The zero-order valence-corrected chi connectivity index (χ0v) is 13.1. The van der Waals surface area contributed by atoms with E-state index in [0.717, 1.165) is 18.2 Å². The lowest BCUT2D eigenvalue weighted by Gasteiger charge is -2.25. The zero-order chi connectivity index (χ0) is 17.3. The lowest BCUT2D eigenvalue weighted by atomic mass is 9.94. The highest BCUT2D eigenvalue weighted by molar-refractivity contribution is 5.86. The molecule has 0 atom stereocenters. The summed E-state index contributed by atoms with van der Waals surface area (Å²) in [6, 6.07) is 2.74. The Morgan fingerprint density at radius 2 is 1.68 bits per heavy atom. The van der Waals surface area contributed by atoms with Gasteiger partial charge in [-0.1, -0.05) is 0 Å². The Hall–Kier alpha value is -1.76. The quantitative estimate of drug-likeness (QED) is 0.855. The van der Waals surface area contributed by atoms with E-state index in [2.05, 4.69) is 5.32 Å². The molecule has 0 saturated heterocycles. The highest BCUT2D eigenvalue weighted by Gasteiger charge is 2.33. The minimum absolute atomic E-state index is 0.0480. The van der Waals surface area contributed by atoms with Crippen molar-refractivity contribution in [3.63, 3.8) is 0 Å². The maximum Gasteiger partial charge on any atom is 0.416 e. The molecule has 0 aliphatic rings. The Labute approximate surface area is 127 Å². The average molecular weight is 319 g/mol. The summed E-state index contributed by atoms with van der Waals surface area (Å²) in [4.78, 5) is 11.8. The number of benzene rings is 1. The maximum absolute atomic E-state index is 12.8. The van der Waals surface area contributed by atoms with Gasteiger partial charge in [-0.25, -0.2) is 4.79 Å². The number of nitrogens with one attached hydrogen (secondary N) is 1.